The van der Waals surface area contributed by atoms with Gasteiger partial charge >= 0.3 is 0 Å². The number of nitrogens with one attached hydrogen (secondary N) is 1. The molecule has 1 N–H and O–H groups in total. The summed E-state index contributed by atoms with van der Waals surface area (Å²) in [6.07, 6.45) is 17.3. The molecule has 0 saturated heterocycles. The minimum Gasteiger partial charge on any atom is -0.277 e. The third kappa shape index (κ3) is 6.36. The second-order valence-corrected chi connectivity index (χ2v) is 8.65. The number of rotatable bonds is 9. The van der Waals surface area contributed by atoms with Crippen molar-refractivity contribution in [2.24, 2.45) is 5.10 Å². The van der Waals surface area contributed by atoms with Crippen molar-refractivity contribution < 1.29 is 0 Å². The SMILES string of the molecule is CC/C=C(C1=CC=CCC=C1)/C(=N\Nc1ccccc1-c1cccc(CCC)c1)c1ccccc1. The zero-order valence-electron chi connectivity index (χ0n) is 20.7. The van der Waals surface area contributed by atoms with Crippen LogP contribution in [0.15, 0.2) is 132 Å². The van der Waals surface area contributed by atoms with Crippen LogP contribution in [0, 0.1) is 0 Å². The van der Waals surface area contributed by atoms with E-state index in [1.54, 1.807) is 0 Å². The van der Waals surface area contributed by atoms with E-state index < -0.39 is 0 Å². The molecule has 0 spiro atoms. The van der Waals surface area contributed by atoms with Gasteiger partial charge in [-0.15, -0.1) is 0 Å². The number of hydrogen-bond acceptors (Lipinski definition) is 2. The molecular formula is C33H34N2. The summed E-state index contributed by atoms with van der Waals surface area (Å²) >= 11 is 0. The zero-order valence-corrected chi connectivity index (χ0v) is 20.7. The van der Waals surface area contributed by atoms with Gasteiger partial charge in [0.05, 0.1) is 11.4 Å². The lowest BCUT2D eigenvalue weighted by Gasteiger charge is -2.15. The first-order valence-corrected chi connectivity index (χ1v) is 12.6. The van der Waals surface area contributed by atoms with Crippen molar-refractivity contribution >= 4 is 11.4 Å². The van der Waals surface area contributed by atoms with Crippen molar-refractivity contribution in [3.8, 4) is 11.1 Å². The number of aryl methyl sites for hydroxylation is 1. The summed E-state index contributed by atoms with van der Waals surface area (Å²) in [5, 5.41) is 5.03. The van der Waals surface area contributed by atoms with Crippen LogP contribution in [0.25, 0.3) is 11.1 Å². The molecule has 3 aromatic rings. The standard InChI is InChI=1S/C33H34N2/c1-3-15-26-17-14-22-29(25-26)30-23-12-13-24-32(30)34-35-33(28-20-10-7-11-21-28)31(16-4-2)27-18-8-5-6-9-19-27/h5,7-14,16-25,34H,3-4,6,15H2,1-2H3/b31-16+,35-33-. The molecular weight excluding hydrogens is 424 g/mol. The van der Waals surface area contributed by atoms with E-state index in [4.69, 9.17) is 5.10 Å². The van der Waals surface area contributed by atoms with Crippen molar-refractivity contribution in [3.63, 3.8) is 0 Å². The summed E-state index contributed by atoms with van der Waals surface area (Å²) in [6, 6.07) is 27.7. The normalized spacial score (nSPS) is 13.9. The summed E-state index contributed by atoms with van der Waals surface area (Å²) in [5.41, 5.74) is 12.5. The second-order valence-electron chi connectivity index (χ2n) is 8.65. The Balaban J connectivity index is 1.76. The molecule has 4 rings (SSSR count). The highest BCUT2D eigenvalue weighted by molar-refractivity contribution is 6.16. The van der Waals surface area contributed by atoms with E-state index in [1.165, 1.54) is 16.7 Å². The monoisotopic (exact) mass is 458 g/mol. The minimum absolute atomic E-state index is 0.927. The fourth-order valence-corrected chi connectivity index (χ4v) is 4.32. The van der Waals surface area contributed by atoms with Gasteiger partial charge in [0.2, 0.25) is 0 Å². The third-order valence-corrected chi connectivity index (χ3v) is 5.99. The van der Waals surface area contributed by atoms with Crippen LogP contribution in [0.2, 0.25) is 0 Å². The van der Waals surface area contributed by atoms with Crippen molar-refractivity contribution in [1.82, 2.24) is 0 Å². The van der Waals surface area contributed by atoms with Crippen LogP contribution in [0.3, 0.4) is 0 Å². The van der Waals surface area contributed by atoms with Gasteiger partial charge in [0, 0.05) is 16.7 Å². The van der Waals surface area contributed by atoms with E-state index in [2.05, 4.69) is 129 Å². The van der Waals surface area contributed by atoms with Gasteiger partial charge in [-0.05, 0) is 42.0 Å². The molecule has 3 aromatic carbocycles. The number of anilines is 1. The molecule has 2 heteroatoms. The quantitative estimate of drug-likeness (QED) is 0.251. The lowest BCUT2D eigenvalue weighted by atomic mass is 9.94. The van der Waals surface area contributed by atoms with Gasteiger partial charge < -0.3 is 0 Å². The first-order chi connectivity index (χ1) is 17.3. The Bertz CT molecular complexity index is 1270. The van der Waals surface area contributed by atoms with E-state index in [-0.39, 0.29) is 0 Å². The molecule has 0 heterocycles. The number of hydrogen-bond donors (Lipinski definition) is 1. The Morgan fingerprint density at radius 2 is 1.74 bits per heavy atom. The molecule has 0 saturated carbocycles. The predicted molar refractivity (Wildman–Crippen MR) is 152 cm³/mol. The zero-order chi connectivity index (χ0) is 24.3. The van der Waals surface area contributed by atoms with Gasteiger partial charge in [-0.25, -0.2) is 0 Å². The summed E-state index contributed by atoms with van der Waals surface area (Å²) in [6.45, 7) is 4.39. The van der Waals surface area contributed by atoms with Gasteiger partial charge in [0.25, 0.3) is 0 Å². The molecule has 0 radical (unpaired) electrons. The smallest absolute Gasteiger partial charge is 0.0980 e. The van der Waals surface area contributed by atoms with Crippen molar-refractivity contribution in [3.05, 3.63) is 138 Å². The van der Waals surface area contributed by atoms with E-state index in [0.717, 1.165) is 53.8 Å². The van der Waals surface area contributed by atoms with Crippen molar-refractivity contribution in [1.29, 1.82) is 0 Å². The summed E-state index contributed by atoms with van der Waals surface area (Å²) in [5.74, 6) is 0. The molecule has 0 amide bonds. The predicted octanol–water partition coefficient (Wildman–Crippen LogP) is 8.90. The van der Waals surface area contributed by atoms with Crippen LogP contribution >= 0.6 is 0 Å². The van der Waals surface area contributed by atoms with Crippen LogP contribution < -0.4 is 5.43 Å². The molecule has 1 aliphatic carbocycles. The number of hydrazone groups is 1. The fraction of sp³-hybridized carbons (Fsp3) is 0.182. The summed E-state index contributed by atoms with van der Waals surface area (Å²) < 4.78 is 0. The van der Waals surface area contributed by atoms with Crippen LogP contribution in [0.5, 0.6) is 0 Å². The number of nitrogens with zero attached hydrogens (tertiary/aromatic N) is 1. The molecule has 0 aliphatic heterocycles. The lowest BCUT2D eigenvalue weighted by molar-refractivity contribution is 0.922. The number of para-hydroxylation sites is 1. The van der Waals surface area contributed by atoms with Crippen molar-refractivity contribution in [2.45, 2.75) is 39.5 Å². The highest BCUT2D eigenvalue weighted by Gasteiger charge is 2.14. The van der Waals surface area contributed by atoms with Gasteiger partial charge in [0.1, 0.15) is 0 Å². The van der Waals surface area contributed by atoms with E-state index >= 15 is 0 Å². The average Bonchev–Trinajstić information content (AvgIpc) is 3.19. The maximum atomic E-state index is 5.03. The van der Waals surface area contributed by atoms with Gasteiger partial charge in [-0.3, -0.25) is 5.43 Å². The Morgan fingerprint density at radius 3 is 2.57 bits per heavy atom. The lowest BCUT2D eigenvalue weighted by Crippen LogP contribution is -2.10. The Hall–Kier alpha value is -3.91. The van der Waals surface area contributed by atoms with Crippen molar-refractivity contribution in [2.75, 3.05) is 5.43 Å². The molecule has 0 bridgehead atoms. The Labute approximate surface area is 210 Å². The summed E-state index contributed by atoms with van der Waals surface area (Å²) in [4.78, 5) is 0. The highest BCUT2D eigenvalue weighted by atomic mass is 15.3. The Kier molecular flexibility index (Phi) is 8.67. The first-order valence-electron chi connectivity index (χ1n) is 12.6. The molecule has 0 aromatic heterocycles. The van der Waals surface area contributed by atoms with Gasteiger partial charge in [-0.1, -0.05) is 130 Å². The molecule has 35 heavy (non-hydrogen) atoms. The molecule has 0 unspecified atom stereocenters. The molecule has 2 nitrogen and oxygen atoms in total. The van der Waals surface area contributed by atoms with Crippen LogP contribution in [-0.4, -0.2) is 5.71 Å². The fourth-order valence-electron chi connectivity index (χ4n) is 4.32. The van der Waals surface area contributed by atoms with E-state index in [1.807, 2.05) is 6.07 Å². The largest absolute Gasteiger partial charge is 0.277 e. The third-order valence-electron chi connectivity index (χ3n) is 5.99. The van der Waals surface area contributed by atoms with Gasteiger partial charge in [0.15, 0.2) is 0 Å². The van der Waals surface area contributed by atoms with Crippen LogP contribution in [0.1, 0.15) is 44.2 Å². The number of allylic oxidation sites excluding steroid dienone is 8. The van der Waals surface area contributed by atoms with E-state index in [0.29, 0.717) is 0 Å². The highest BCUT2D eigenvalue weighted by Crippen LogP contribution is 2.29. The Morgan fingerprint density at radius 1 is 0.914 bits per heavy atom. The maximum Gasteiger partial charge on any atom is 0.0980 e. The van der Waals surface area contributed by atoms with Crippen LogP contribution in [-0.2, 0) is 6.42 Å². The maximum absolute atomic E-state index is 5.03. The minimum atomic E-state index is 0.927. The molecule has 176 valence electrons. The summed E-state index contributed by atoms with van der Waals surface area (Å²) in [7, 11) is 0. The molecule has 1 aliphatic rings. The average molecular weight is 459 g/mol. The van der Waals surface area contributed by atoms with Gasteiger partial charge in [-0.2, -0.15) is 5.10 Å². The van der Waals surface area contributed by atoms with Crippen LogP contribution in [0.4, 0.5) is 5.69 Å². The molecule has 0 fully saturated rings. The first kappa shape index (κ1) is 24.2. The van der Waals surface area contributed by atoms with E-state index in [9.17, 15) is 0 Å². The number of benzene rings is 3. The second kappa shape index (κ2) is 12.5. The topological polar surface area (TPSA) is 24.4 Å². The molecule has 0 atom stereocenters.